The van der Waals surface area contributed by atoms with E-state index in [-0.39, 0.29) is 0 Å². The molecule has 6 heteroatoms. The molecule has 112 valence electrons. The lowest BCUT2D eigenvalue weighted by Gasteiger charge is -2.09. The lowest BCUT2D eigenvalue weighted by Crippen LogP contribution is -2.08. The van der Waals surface area contributed by atoms with Crippen LogP contribution in [0.25, 0.3) is 0 Å². The van der Waals surface area contributed by atoms with E-state index in [1.54, 1.807) is 12.5 Å². The van der Waals surface area contributed by atoms with Gasteiger partial charge in [0.25, 0.3) is 0 Å². The number of anilines is 2. The van der Waals surface area contributed by atoms with E-state index in [9.17, 15) is 0 Å². The molecule has 0 spiro atoms. The van der Waals surface area contributed by atoms with Gasteiger partial charge in [-0.3, -0.25) is 0 Å². The smallest absolute Gasteiger partial charge is 0.245 e. The average molecular weight is 295 g/mol. The molecule has 2 aromatic heterocycles. The van der Waals surface area contributed by atoms with Crippen LogP contribution in [0.5, 0.6) is 0 Å². The molecule has 1 aromatic carbocycles. The number of aromatic nitrogens is 3. The highest BCUT2D eigenvalue weighted by Crippen LogP contribution is 2.11. The van der Waals surface area contributed by atoms with Crippen molar-refractivity contribution in [1.82, 2.24) is 15.2 Å². The maximum atomic E-state index is 5.25. The van der Waals surface area contributed by atoms with Crippen LogP contribution in [0, 0.1) is 6.92 Å². The van der Waals surface area contributed by atoms with Gasteiger partial charge in [-0.15, -0.1) is 5.10 Å². The minimum Gasteiger partial charge on any atom is -0.467 e. The minimum atomic E-state index is 0.464. The van der Waals surface area contributed by atoms with E-state index in [4.69, 9.17) is 4.42 Å². The van der Waals surface area contributed by atoms with Gasteiger partial charge >= 0.3 is 0 Å². The summed E-state index contributed by atoms with van der Waals surface area (Å²) in [6.07, 6.45) is 3.24. The van der Waals surface area contributed by atoms with Crippen LogP contribution in [-0.4, -0.2) is 15.2 Å². The number of furan rings is 1. The summed E-state index contributed by atoms with van der Waals surface area (Å²) in [7, 11) is 0. The molecular weight excluding hydrogens is 278 g/mol. The summed E-state index contributed by atoms with van der Waals surface area (Å²) in [5.41, 5.74) is 2.47. The highest BCUT2D eigenvalue weighted by atomic mass is 16.3. The number of nitrogens with zero attached hydrogens (tertiary/aromatic N) is 3. The zero-order valence-electron chi connectivity index (χ0n) is 12.3. The standard InChI is InChI=1S/C16H17N5O/c1-12-5-2-3-6-13(12)9-17-15-11-19-21-16(20-15)18-10-14-7-4-8-22-14/h2-8,11H,9-10H2,1H3,(H2,17,18,20,21). The number of aryl methyl sites for hydroxylation is 1. The van der Waals surface area contributed by atoms with Gasteiger partial charge in [-0.1, -0.05) is 24.3 Å². The quantitative estimate of drug-likeness (QED) is 0.728. The monoisotopic (exact) mass is 295 g/mol. The molecule has 2 N–H and O–H groups in total. The highest BCUT2D eigenvalue weighted by molar-refractivity contribution is 5.39. The highest BCUT2D eigenvalue weighted by Gasteiger charge is 2.03. The van der Waals surface area contributed by atoms with Gasteiger partial charge < -0.3 is 15.1 Å². The molecule has 6 nitrogen and oxygen atoms in total. The number of hydrogen-bond acceptors (Lipinski definition) is 6. The summed E-state index contributed by atoms with van der Waals surface area (Å²) < 4.78 is 5.25. The first-order valence-electron chi connectivity index (χ1n) is 7.05. The van der Waals surface area contributed by atoms with Gasteiger partial charge in [0.1, 0.15) is 5.76 Å². The second kappa shape index (κ2) is 6.71. The molecule has 0 aliphatic carbocycles. The molecule has 0 atom stereocenters. The summed E-state index contributed by atoms with van der Waals surface area (Å²) in [4.78, 5) is 4.38. The SMILES string of the molecule is Cc1ccccc1CNc1cnnc(NCc2ccco2)n1. The summed E-state index contributed by atoms with van der Waals surface area (Å²) in [5, 5.41) is 14.2. The molecule has 0 aliphatic heterocycles. The molecular formula is C16H17N5O. The van der Waals surface area contributed by atoms with Crippen molar-refractivity contribution in [1.29, 1.82) is 0 Å². The van der Waals surface area contributed by atoms with Crippen molar-refractivity contribution in [2.75, 3.05) is 10.6 Å². The number of nitrogens with one attached hydrogen (secondary N) is 2. The van der Waals surface area contributed by atoms with Crippen molar-refractivity contribution >= 4 is 11.8 Å². The van der Waals surface area contributed by atoms with Gasteiger partial charge in [0.2, 0.25) is 5.95 Å². The molecule has 2 heterocycles. The second-order valence-corrected chi connectivity index (χ2v) is 4.88. The Kier molecular flexibility index (Phi) is 4.29. The first kappa shape index (κ1) is 14.1. The third-order valence-electron chi connectivity index (χ3n) is 3.28. The van der Waals surface area contributed by atoms with E-state index in [0.717, 1.165) is 5.76 Å². The van der Waals surface area contributed by atoms with Gasteiger partial charge in [-0.05, 0) is 30.2 Å². The lowest BCUT2D eigenvalue weighted by molar-refractivity contribution is 0.517. The number of benzene rings is 1. The van der Waals surface area contributed by atoms with Crippen LogP contribution in [0.4, 0.5) is 11.8 Å². The van der Waals surface area contributed by atoms with Crippen LogP contribution in [-0.2, 0) is 13.1 Å². The Morgan fingerprint density at radius 2 is 1.95 bits per heavy atom. The molecule has 22 heavy (non-hydrogen) atoms. The zero-order chi connectivity index (χ0) is 15.2. The maximum absolute atomic E-state index is 5.25. The molecule has 0 radical (unpaired) electrons. The summed E-state index contributed by atoms with van der Waals surface area (Å²) in [6.45, 7) is 3.31. The third-order valence-corrected chi connectivity index (χ3v) is 3.28. The van der Waals surface area contributed by atoms with Crippen molar-refractivity contribution in [3.05, 3.63) is 65.7 Å². The van der Waals surface area contributed by atoms with Crippen LogP contribution in [0.15, 0.2) is 53.3 Å². The van der Waals surface area contributed by atoms with E-state index in [2.05, 4.69) is 44.9 Å². The lowest BCUT2D eigenvalue weighted by atomic mass is 10.1. The molecule has 0 saturated carbocycles. The largest absolute Gasteiger partial charge is 0.467 e. The normalized spacial score (nSPS) is 10.4. The van der Waals surface area contributed by atoms with Crippen molar-refractivity contribution in [2.45, 2.75) is 20.0 Å². The average Bonchev–Trinajstić information content (AvgIpc) is 3.06. The predicted octanol–water partition coefficient (Wildman–Crippen LogP) is 3.00. The fourth-order valence-corrected chi connectivity index (χ4v) is 2.04. The van der Waals surface area contributed by atoms with Gasteiger partial charge in [-0.2, -0.15) is 10.1 Å². The Hall–Kier alpha value is -2.89. The first-order chi connectivity index (χ1) is 10.8. The fourth-order valence-electron chi connectivity index (χ4n) is 2.04. The maximum Gasteiger partial charge on any atom is 0.245 e. The Labute approximate surface area is 128 Å². The zero-order valence-corrected chi connectivity index (χ0v) is 12.3. The molecule has 0 fully saturated rings. The summed E-state index contributed by atoms with van der Waals surface area (Å²) in [5.74, 6) is 1.97. The predicted molar refractivity (Wildman–Crippen MR) is 84.4 cm³/mol. The summed E-state index contributed by atoms with van der Waals surface area (Å²) in [6, 6.07) is 12.0. The van der Waals surface area contributed by atoms with Crippen molar-refractivity contribution in [2.24, 2.45) is 0 Å². The van der Waals surface area contributed by atoms with Gasteiger partial charge in [0.15, 0.2) is 5.82 Å². The Morgan fingerprint density at radius 1 is 1.05 bits per heavy atom. The van der Waals surface area contributed by atoms with Gasteiger partial charge in [0.05, 0.1) is 19.0 Å². The summed E-state index contributed by atoms with van der Waals surface area (Å²) >= 11 is 0. The van der Waals surface area contributed by atoms with Crippen LogP contribution < -0.4 is 10.6 Å². The molecule has 0 aliphatic rings. The Bertz CT molecular complexity index is 727. The van der Waals surface area contributed by atoms with E-state index in [0.29, 0.717) is 24.9 Å². The minimum absolute atomic E-state index is 0.464. The molecule has 0 saturated heterocycles. The molecule has 3 aromatic rings. The Morgan fingerprint density at radius 3 is 2.77 bits per heavy atom. The first-order valence-corrected chi connectivity index (χ1v) is 7.05. The van der Waals surface area contributed by atoms with E-state index in [1.807, 2.05) is 24.3 Å². The second-order valence-electron chi connectivity index (χ2n) is 4.88. The third kappa shape index (κ3) is 3.60. The van der Waals surface area contributed by atoms with Gasteiger partial charge in [0, 0.05) is 6.54 Å². The van der Waals surface area contributed by atoms with Crippen molar-refractivity contribution in [3.63, 3.8) is 0 Å². The van der Waals surface area contributed by atoms with E-state index >= 15 is 0 Å². The topological polar surface area (TPSA) is 75.9 Å². The van der Waals surface area contributed by atoms with E-state index < -0.39 is 0 Å². The van der Waals surface area contributed by atoms with Crippen LogP contribution in [0.3, 0.4) is 0 Å². The molecule has 0 bridgehead atoms. The fraction of sp³-hybridized carbons (Fsp3) is 0.188. The Balaban J connectivity index is 1.60. The number of hydrogen-bond donors (Lipinski definition) is 2. The molecule has 0 unspecified atom stereocenters. The van der Waals surface area contributed by atoms with Crippen LogP contribution in [0.1, 0.15) is 16.9 Å². The van der Waals surface area contributed by atoms with Gasteiger partial charge in [-0.25, -0.2) is 0 Å². The van der Waals surface area contributed by atoms with E-state index in [1.165, 1.54) is 11.1 Å². The number of rotatable bonds is 6. The van der Waals surface area contributed by atoms with Crippen molar-refractivity contribution < 1.29 is 4.42 Å². The van der Waals surface area contributed by atoms with Crippen LogP contribution >= 0.6 is 0 Å². The molecule has 0 amide bonds. The molecule has 3 rings (SSSR count). The van der Waals surface area contributed by atoms with Crippen LogP contribution in [0.2, 0.25) is 0 Å². The van der Waals surface area contributed by atoms with Crippen molar-refractivity contribution in [3.8, 4) is 0 Å².